The zero-order chi connectivity index (χ0) is 15.2. The lowest BCUT2D eigenvalue weighted by atomic mass is 10.0. The number of aryl methyl sites for hydroxylation is 1. The normalized spacial score (nSPS) is 12.4. The first kappa shape index (κ1) is 15.9. The lowest BCUT2D eigenvalue weighted by molar-refractivity contribution is 0.181. The molecule has 1 heterocycles. The summed E-state index contributed by atoms with van der Waals surface area (Å²) in [7, 11) is 3.37. The van der Waals surface area contributed by atoms with Crippen molar-refractivity contribution in [1.82, 2.24) is 10.3 Å². The molecule has 0 bridgehead atoms. The van der Waals surface area contributed by atoms with Gasteiger partial charge in [-0.3, -0.25) is 0 Å². The SMILES string of the molecule is COCc1cc(C(C)NCc2nc(C)cs2)ccc1OC. The summed E-state index contributed by atoms with van der Waals surface area (Å²) in [6.45, 7) is 5.50. The van der Waals surface area contributed by atoms with E-state index in [2.05, 4.69) is 34.7 Å². The van der Waals surface area contributed by atoms with Gasteiger partial charge in [-0.25, -0.2) is 4.98 Å². The molecule has 0 saturated heterocycles. The minimum Gasteiger partial charge on any atom is -0.496 e. The van der Waals surface area contributed by atoms with E-state index in [4.69, 9.17) is 9.47 Å². The molecule has 1 unspecified atom stereocenters. The molecule has 0 aliphatic heterocycles. The Hall–Kier alpha value is -1.43. The van der Waals surface area contributed by atoms with Crippen molar-refractivity contribution in [2.24, 2.45) is 0 Å². The van der Waals surface area contributed by atoms with Crippen molar-refractivity contribution >= 4 is 11.3 Å². The number of hydrogen-bond acceptors (Lipinski definition) is 5. The van der Waals surface area contributed by atoms with Crippen LogP contribution in [0.4, 0.5) is 0 Å². The number of benzene rings is 1. The van der Waals surface area contributed by atoms with Gasteiger partial charge in [0.1, 0.15) is 10.8 Å². The third-order valence-electron chi connectivity index (χ3n) is 3.33. The molecule has 2 rings (SSSR count). The Kier molecular flexibility index (Phi) is 5.73. The van der Waals surface area contributed by atoms with Crippen LogP contribution in [-0.2, 0) is 17.9 Å². The second-order valence-corrected chi connectivity index (χ2v) is 5.93. The molecule has 1 aromatic heterocycles. The van der Waals surface area contributed by atoms with Gasteiger partial charge in [0, 0.05) is 36.3 Å². The van der Waals surface area contributed by atoms with Crippen LogP contribution in [-0.4, -0.2) is 19.2 Å². The average Bonchev–Trinajstić information content (AvgIpc) is 2.90. The Morgan fingerprint density at radius 3 is 2.76 bits per heavy atom. The number of nitrogens with zero attached hydrogens (tertiary/aromatic N) is 1. The fraction of sp³-hybridized carbons (Fsp3) is 0.438. The van der Waals surface area contributed by atoms with Crippen LogP contribution in [0.2, 0.25) is 0 Å². The van der Waals surface area contributed by atoms with Gasteiger partial charge in [-0.2, -0.15) is 0 Å². The highest BCUT2D eigenvalue weighted by Gasteiger charge is 2.10. The van der Waals surface area contributed by atoms with Crippen molar-refractivity contribution in [3.8, 4) is 5.75 Å². The zero-order valence-corrected chi connectivity index (χ0v) is 13.8. The van der Waals surface area contributed by atoms with Crippen molar-refractivity contribution in [2.45, 2.75) is 33.0 Å². The summed E-state index contributed by atoms with van der Waals surface area (Å²) >= 11 is 1.69. The van der Waals surface area contributed by atoms with Crippen molar-refractivity contribution in [3.63, 3.8) is 0 Å². The molecule has 0 saturated carbocycles. The van der Waals surface area contributed by atoms with Gasteiger partial charge < -0.3 is 14.8 Å². The summed E-state index contributed by atoms with van der Waals surface area (Å²) in [6, 6.07) is 6.46. The highest BCUT2D eigenvalue weighted by Crippen LogP contribution is 2.24. The first-order valence-electron chi connectivity index (χ1n) is 6.94. The van der Waals surface area contributed by atoms with Gasteiger partial charge in [-0.05, 0) is 31.5 Å². The smallest absolute Gasteiger partial charge is 0.124 e. The lowest BCUT2D eigenvalue weighted by Crippen LogP contribution is -2.18. The minimum atomic E-state index is 0.246. The molecule has 1 N–H and O–H groups in total. The number of rotatable bonds is 7. The van der Waals surface area contributed by atoms with Crippen LogP contribution >= 0.6 is 11.3 Å². The quantitative estimate of drug-likeness (QED) is 0.851. The van der Waals surface area contributed by atoms with Gasteiger partial charge >= 0.3 is 0 Å². The molecule has 0 aliphatic carbocycles. The third kappa shape index (κ3) is 4.27. The first-order valence-corrected chi connectivity index (χ1v) is 7.82. The third-order valence-corrected chi connectivity index (χ3v) is 4.30. The van der Waals surface area contributed by atoms with Crippen LogP contribution in [0.3, 0.4) is 0 Å². The number of nitrogens with one attached hydrogen (secondary N) is 1. The first-order chi connectivity index (χ1) is 10.1. The van der Waals surface area contributed by atoms with E-state index in [1.54, 1.807) is 25.6 Å². The van der Waals surface area contributed by atoms with E-state index < -0.39 is 0 Å². The number of thiazole rings is 1. The fourth-order valence-electron chi connectivity index (χ4n) is 2.18. The Morgan fingerprint density at radius 1 is 1.33 bits per heavy atom. The molecule has 5 heteroatoms. The Balaban J connectivity index is 2.04. The van der Waals surface area contributed by atoms with Crippen LogP contribution in [0.1, 0.15) is 34.8 Å². The van der Waals surface area contributed by atoms with E-state index >= 15 is 0 Å². The summed E-state index contributed by atoms with van der Waals surface area (Å²) in [5.74, 6) is 0.864. The van der Waals surface area contributed by atoms with Gasteiger partial charge in [-0.1, -0.05) is 6.07 Å². The highest BCUT2D eigenvalue weighted by atomic mass is 32.1. The van der Waals surface area contributed by atoms with Crippen LogP contribution < -0.4 is 10.1 Å². The summed E-state index contributed by atoms with van der Waals surface area (Å²) in [4.78, 5) is 4.47. The Labute approximate surface area is 130 Å². The Morgan fingerprint density at radius 2 is 2.14 bits per heavy atom. The largest absolute Gasteiger partial charge is 0.496 e. The van der Waals surface area contributed by atoms with Gasteiger partial charge in [0.2, 0.25) is 0 Å². The van der Waals surface area contributed by atoms with Crippen LogP contribution in [0.5, 0.6) is 5.75 Å². The number of aromatic nitrogens is 1. The molecule has 0 spiro atoms. The monoisotopic (exact) mass is 306 g/mol. The molecular formula is C16H22N2O2S. The van der Waals surface area contributed by atoms with Gasteiger partial charge in [-0.15, -0.1) is 11.3 Å². The molecular weight excluding hydrogens is 284 g/mol. The molecule has 0 radical (unpaired) electrons. The minimum absolute atomic E-state index is 0.246. The lowest BCUT2D eigenvalue weighted by Gasteiger charge is -2.16. The van der Waals surface area contributed by atoms with Crippen molar-refractivity contribution in [1.29, 1.82) is 0 Å². The van der Waals surface area contributed by atoms with Gasteiger partial charge in [0.05, 0.1) is 13.7 Å². The second kappa shape index (κ2) is 7.54. The van der Waals surface area contributed by atoms with Gasteiger partial charge in [0.25, 0.3) is 0 Å². The maximum absolute atomic E-state index is 5.36. The predicted octanol–water partition coefficient (Wildman–Crippen LogP) is 3.46. The molecule has 1 aromatic carbocycles. The van der Waals surface area contributed by atoms with E-state index in [0.717, 1.165) is 28.6 Å². The van der Waals surface area contributed by atoms with Crippen LogP contribution in [0.25, 0.3) is 0 Å². The van der Waals surface area contributed by atoms with Crippen LogP contribution in [0.15, 0.2) is 23.6 Å². The molecule has 0 fully saturated rings. The van der Waals surface area contributed by atoms with Crippen molar-refractivity contribution in [2.75, 3.05) is 14.2 Å². The number of hydrogen-bond donors (Lipinski definition) is 1. The molecule has 114 valence electrons. The van der Waals surface area contributed by atoms with E-state index in [9.17, 15) is 0 Å². The second-order valence-electron chi connectivity index (χ2n) is 4.99. The molecule has 2 aromatic rings. The van der Waals surface area contributed by atoms with E-state index in [-0.39, 0.29) is 6.04 Å². The summed E-state index contributed by atoms with van der Waals surface area (Å²) < 4.78 is 10.6. The van der Waals surface area contributed by atoms with Gasteiger partial charge in [0.15, 0.2) is 0 Å². The molecule has 1 atom stereocenters. The molecule has 0 aliphatic rings. The van der Waals surface area contributed by atoms with Crippen molar-refractivity contribution < 1.29 is 9.47 Å². The Bertz CT molecular complexity index is 583. The molecule has 0 amide bonds. The summed E-state index contributed by atoms with van der Waals surface area (Å²) in [6.07, 6.45) is 0. The van der Waals surface area contributed by atoms with E-state index in [0.29, 0.717) is 6.61 Å². The topological polar surface area (TPSA) is 43.4 Å². The van der Waals surface area contributed by atoms with Crippen molar-refractivity contribution in [3.05, 3.63) is 45.4 Å². The van der Waals surface area contributed by atoms with Crippen LogP contribution in [0, 0.1) is 6.92 Å². The molecule has 21 heavy (non-hydrogen) atoms. The maximum atomic E-state index is 5.36. The van der Waals surface area contributed by atoms with E-state index in [1.807, 2.05) is 13.0 Å². The maximum Gasteiger partial charge on any atom is 0.124 e. The number of ether oxygens (including phenoxy) is 2. The fourth-order valence-corrected chi connectivity index (χ4v) is 2.90. The van der Waals surface area contributed by atoms with E-state index in [1.165, 1.54) is 5.56 Å². The average molecular weight is 306 g/mol. The summed E-state index contributed by atoms with van der Waals surface area (Å²) in [5, 5.41) is 6.69. The standard InChI is InChI=1S/C16H22N2O2S/c1-11-10-21-16(18-11)8-17-12(2)13-5-6-15(20-4)14(7-13)9-19-3/h5-7,10,12,17H,8-9H2,1-4H3. The molecule has 4 nitrogen and oxygen atoms in total. The zero-order valence-electron chi connectivity index (χ0n) is 13.0. The number of methoxy groups -OCH3 is 2. The summed E-state index contributed by atoms with van der Waals surface area (Å²) in [5.41, 5.74) is 3.36. The predicted molar refractivity (Wildman–Crippen MR) is 85.8 cm³/mol. The highest BCUT2D eigenvalue weighted by molar-refractivity contribution is 7.09.